The molecule has 3 rings (SSSR count). The molecule has 0 aliphatic heterocycles. The van der Waals surface area contributed by atoms with Gasteiger partial charge in [0, 0.05) is 5.69 Å². The lowest BCUT2D eigenvalue weighted by atomic mass is 9.71. The largest absolute Gasteiger partial charge is 0.398 e. The van der Waals surface area contributed by atoms with Crippen molar-refractivity contribution >= 4 is 17.3 Å². The van der Waals surface area contributed by atoms with Gasteiger partial charge in [-0.2, -0.15) is 0 Å². The van der Waals surface area contributed by atoms with Crippen molar-refractivity contribution in [2.75, 3.05) is 5.73 Å². The van der Waals surface area contributed by atoms with E-state index >= 15 is 0 Å². The maximum atomic E-state index is 6.48. The maximum Gasteiger partial charge on any atom is 0.0651 e. The summed E-state index contributed by atoms with van der Waals surface area (Å²) < 4.78 is 0. The van der Waals surface area contributed by atoms with Gasteiger partial charge in [0.05, 0.1) is 5.38 Å². The lowest BCUT2D eigenvalue weighted by Gasteiger charge is -2.37. The van der Waals surface area contributed by atoms with Crippen LogP contribution >= 0.6 is 11.6 Å². The molecule has 78 valence electrons. The average Bonchev–Trinajstić information content (AvgIpc) is 2.26. The molecule has 1 nitrogen and oxygen atoms in total. The maximum absolute atomic E-state index is 6.48. The molecular formula is C13H14ClN. The fraction of sp³-hybridized carbons (Fsp3) is 0.385. The van der Waals surface area contributed by atoms with Gasteiger partial charge in [-0.05, 0) is 41.9 Å². The van der Waals surface area contributed by atoms with Gasteiger partial charge in [0.2, 0.25) is 0 Å². The third-order valence-corrected chi connectivity index (χ3v) is 4.17. The minimum atomic E-state index is 0.108. The SMILES string of the molecule is Nc1cccc2c1C1CC=CC(C1)C2Cl. The fourth-order valence-electron chi connectivity index (χ4n) is 2.92. The number of allylic oxidation sites excluding steroid dienone is 2. The normalized spacial score (nSPS) is 32.5. The second kappa shape index (κ2) is 3.28. The van der Waals surface area contributed by atoms with Crippen LogP contribution < -0.4 is 5.73 Å². The first-order valence-corrected chi connectivity index (χ1v) is 5.90. The van der Waals surface area contributed by atoms with Crippen LogP contribution in [0.5, 0.6) is 0 Å². The van der Waals surface area contributed by atoms with Crippen LogP contribution in [0.25, 0.3) is 0 Å². The Labute approximate surface area is 94.9 Å². The predicted octanol–water partition coefficient (Wildman–Crippen LogP) is 3.61. The fourth-order valence-corrected chi connectivity index (χ4v) is 3.30. The molecule has 2 bridgehead atoms. The van der Waals surface area contributed by atoms with Crippen LogP contribution in [0, 0.1) is 5.92 Å². The molecule has 2 N–H and O–H groups in total. The van der Waals surface area contributed by atoms with Crippen molar-refractivity contribution in [3.8, 4) is 0 Å². The molecular weight excluding hydrogens is 206 g/mol. The highest BCUT2D eigenvalue weighted by atomic mass is 35.5. The van der Waals surface area contributed by atoms with Crippen molar-refractivity contribution in [3.05, 3.63) is 41.5 Å². The van der Waals surface area contributed by atoms with Gasteiger partial charge in [-0.25, -0.2) is 0 Å². The molecule has 0 radical (unpaired) electrons. The summed E-state index contributed by atoms with van der Waals surface area (Å²) in [5.41, 5.74) is 9.53. The Morgan fingerprint density at radius 1 is 1.33 bits per heavy atom. The van der Waals surface area contributed by atoms with Gasteiger partial charge in [-0.1, -0.05) is 24.3 Å². The molecule has 0 aromatic heterocycles. The Balaban J connectivity index is 2.19. The molecule has 2 aliphatic rings. The van der Waals surface area contributed by atoms with E-state index in [1.165, 1.54) is 11.1 Å². The Bertz CT molecular complexity index is 425. The highest BCUT2D eigenvalue weighted by Gasteiger charge is 2.34. The van der Waals surface area contributed by atoms with E-state index in [1.54, 1.807) is 0 Å². The first kappa shape index (κ1) is 9.29. The van der Waals surface area contributed by atoms with E-state index in [9.17, 15) is 0 Å². The first-order valence-electron chi connectivity index (χ1n) is 5.46. The quantitative estimate of drug-likeness (QED) is 0.403. The van der Waals surface area contributed by atoms with Crippen molar-refractivity contribution < 1.29 is 0 Å². The smallest absolute Gasteiger partial charge is 0.0651 e. The molecule has 0 spiro atoms. The van der Waals surface area contributed by atoms with E-state index in [-0.39, 0.29) is 5.38 Å². The lowest BCUT2D eigenvalue weighted by Crippen LogP contribution is -2.23. The Hall–Kier alpha value is -0.950. The first-order chi connectivity index (χ1) is 7.27. The zero-order valence-corrected chi connectivity index (χ0v) is 9.24. The molecule has 3 atom stereocenters. The molecule has 2 heteroatoms. The molecule has 0 amide bonds. The van der Waals surface area contributed by atoms with Crippen LogP contribution in [0.4, 0.5) is 5.69 Å². The zero-order chi connectivity index (χ0) is 10.4. The number of fused-ring (bicyclic) bond motifs is 4. The van der Waals surface area contributed by atoms with Crippen molar-refractivity contribution in [3.63, 3.8) is 0 Å². The number of halogens is 1. The number of nitrogen functional groups attached to an aromatic ring is 1. The monoisotopic (exact) mass is 219 g/mol. The molecule has 3 unspecified atom stereocenters. The van der Waals surface area contributed by atoms with Gasteiger partial charge in [0.1, 0.15) is 0 Å². The highest BCUT2D eigenvalue weighted by Crippen LogP contribution is 2.50. The molecule has 15 heavy (non-hydrogen) atoms. The molecule has 1 aromatic carbocycles. The predicted molar refractivity (Wildman–Crippen MR) is 64.1 cm³/mol. The molecule has 2 aliphatic carbocycles. The van der Waals surface area contributed by atoms with E-state index < -0.39 is 0 Å². The van der Waals surface area contributed by atoms with Crippen LogP contribution in [0.2, 0.25) is 0 Å². The second-order valence-electron chi connectivity index (χ2n) is 4.51. The molecule has 0 saturated carbocycles. The summed E-state index contributed by atoms with van der Waals surface area (Å²) in [4.78, 5) is 0. The second-order valence-corrected chi connectivity index (χ2v) is 4.98. The van der Waals surface area contributed by atoms with Gasteiger partial charge in [0.25, 0.3) is 0 Å². The van der Waals surface area contributed by atoms with Crippen LogP contribution in [-0.2, 0) is 0 Å². The Morgan fingerprint density at radius 3 is 3.07 bits per heavy atom. The molecule has 1 aromatic rings. The number of anilines is 1. The standard InChI is InChI=1S/C13H14ClN/c14-13-9-4-1-3-8(7-9)12-10(13)5-2-6-11(12)15/h1-2,4-6,8-9,13H,3,7,15H2. The summed E-state index contributed by atoms with van der Waals surface area (Å²) >= 11 is 6.48. The van der Waals surface area contributed by atoms with Crippen LogP contribution in [0.15, 0.2) is 30.4 Å². The summed E-state index contributed by atoms with van der Waals surface area (Å²) in [6.45, 7) is 0. The van der Waals surface area contributed by atoms with E-state index in [2.05, 4.69) is 18.2 Å². The van der Waals surface area contributed by atoms with Gasteiger partial charge < -0.3 is 5.73 Å². The van der Waals surface area contributed by atoms with Crippen molar-refractivity contribution in [2.24, 2.45) is 5.92 Å². The number of hydrogen-bond acceptors (Lipinski definition) is 1. The van der Waals surface area contributed by atoms with E-state index in [0.717, 1.165) is 18.5 Å². The lowest BCUT2D eigenvalue weighted by molar-refractivity contribution is 0.440. The summed E-state index contributed by atoms with van der Waals surface area (Å²) in [6, 6.07) is 6.12. The third kappa shape index (κ3) is 1.30. The number of rotatable bonds is 0. The van der Waals surface area contributed by atoms with E-state index in [4.69, 9.17) is 17.3 Å². The minimum Gasteiger partial charge on any atom is -0.398 e. The van der Waals surface area contributed by atoms with Crippen LogP contribution in [0.1, 0.15) is 35.3 Å². The van der Waals surface area contributed by atoms with E-state index in [0.29, 0.717) is 11.8 Å². The average molecular weight is 220 g/mol. The van der Waals surface area contributed by atoms with Crippen LogP contribution in [-0.4, -0.2) is 0 Å². The van der Waals surface area contributed by atoms with Crippen molar-refractivity contribution in [2.45, 2.75) is 24.1 Å². The highest BCUT2D eigenvalue weighted by molar-refractivity contribution is 6.21. The summed E-state index contributed by atoms with van der Waals surface area (Å²) in [6.07, 6.45) is 6.79. The zero-order valence-electron chi connectivity index (χ0n) is 8.49. The Morgan fingerprint density at radius 2 is 2.20 bits per heavy atom. The van der Waals surface area contributed by atoms with Gasteiger partial charge >= 0.3 is 0 Å². The van der Waals surface area contributed by atoms with Gasteiger partial charge in [-0.3, -0.25) is 0 Å². The Kier molecular flexibility index (Phi) is 2.03. The van der Waals surface area contributed by atoms with Crippen molar-refractivity contribution in [1.82, 2.24) is 0 Å². The molecule has 0 heterocycles. The topological polar surface area (TPSA) is 26.0 Å². The van der Waals surface area contributed by atoms with E-state index in [1.807, 2.05) is 12.1 Å². The van der Waals surface area contributed by atoms with Crippen molar-refractivity contribution in [1.29, 1.82) is 0 Å². The number of alkyl halides is 1. The van der Waals surface area contributed by atoms with Crippen LogP contribution in [0.3, 0.4) is 0 Å². The number of nitrogens with two attached hydrogens (primary N) is 1. The number of benzene rings is 1. The molecule has 0 saturated heterocycles. The molecule has 0 fully saturated rings. The van der Waals surface area contributed by atoms with Gasteiger partial charge in [0.15, 0.2) is 0 Å². The minimum absolute atomic E-state index is 0.108. The summed E-state index contributed by atoms with van der Waals surface area (Å²) in [5, 5.41) is 0.108. The number of hydrogen-bond donors (Lipinski definition) is 1. The third-order valence-electron chi connectivity index (χ3n) is 3.62. The van der Waals surface area contributed by atoms with Gasteiger partial charge in [-0.15, -0.1) is 11.6 Å². The summed E-state index contributed by atoms with van der Waals surface area (Å²) in [7, 11) is 0. The summed E-state index contributed by atoms with van der Waals surface area (Å²) in [5.74, 6) is 1.09.